The van der Waals surface area contributed by atoms with Crippen LogP contribution in [0.1, 0.15) is 53.0 Å². The quantitative estimate of drug-likeness (QED) is 0.225. The summed E-state index contributed by atoms with van der Waals surface area (Å²) in [7, 11) is 0. The van der Waals surface area contributed by atoms with Gasteiger partial charge in [-0.3, -0.25) is 14.4 Å². The Morgan fingerprint density at radius 2 is 1.91 bits per heavy atom. The number of nitrogens with two attached hydrogens (primary N) is 1. The van der Waals surface area contributed by atoms with Gasteiger partial charge in [0, 0.05) is 37.9 Å². The number of hydroxylamine groups is 2. The van der Waals surface area contributed by atoms with Gasteiger partial charge in [0.25, 0.3) is 11.8 Å². The molecule has 0 spiro atoms. The molecule has 0 radical (unpaired) electrons. The summed E-state index contributed by atoms with van der Waals surface area (Å²) in [5, 5.41) is 0.0761. The Morgan fingerprint density at radius 3 is 2.58 bits per heavy atom. The highest BCUT2D eigenvalue weighted by Gasteiger charge is 2.32. The molecule has 0 bridgehead atoms. The molecule has 0 atom stereocenters. The number of hydrogen-bond donors (Lipinski definition) is 1. The first-order valence-corrected chi connectivity index (χ1v) is 10.4. The largest absolute Gasteiger partial charge is 1.00 e. The van der Waals surface area contributed by atoms with E-state index in [1.807, 2.05) is 17.0 Å². The number of thiazole rings is 1. The zero-order valence-corrected chi connectivity index (χ0v) is 19.4. The van der Waals surface area contributed by atoms with Crippen molar-refractivity contribution in [3.63, 3.8) is 0 Å². The number of esters is 1. The van der Waals surface area contributed by atoms with Gasteiger partial charge in [0.2, 0.25) is 5.51 Å². The van der Waals surface area contributed by atoms with Crippen molar-refractivity contribution in [2.24, 2.45) is 0 Å². The van der Waals surface area contributed by atoms with E-state index in [1.165, 1.54) is 11.3 Å². The maximum absolute atomic E-state index is 12.3. The number of nitrogen functional groups attached to an aromatic ring is 1. The summed E-state index contributed by atoms with van der Waals surface area (Å²) >= 11 is 1.37. The molecule has 33 heavy (non-hydrogen) atoms. The van der Waals surface area contributed by atoms with Crippen LogP contribution in [-0.2, 0) is 41.7 Å². The molecule has 13 heteroatoms. The van der Waals surface area contributed by atoms with Crippen LogP contribution in [0.3, 0.4) is 0 Å². The third-order valence-corrected chi connectivity index (χ3v) is 5.67. The van der Waals surface area contributed by atoms with Gasteiger partial charge in [0.05, 0.1) is 29.8 Å². The number of anilines is 1. The minimum absolute atomic E-state index is 0. The Bertz CT molecular complexity index is 1210. The molecule has 1 aliphatic rings. The average molecular weight is 502 g/mol. The van der Waals surface area contributed by atoms with Crippen molar-refractivity contribution < 1.29 is 51.2 Å². The molecule has 11 nitrogen and oxygen atoms in total. The van der Waals surface area contributed by atoms with E-state index >= 15 is 0 Å². The molecule has 178 valence electrons. The van der Waals surface area contributed by atoms with Crippen molar-refractivity contribution in [3.8, 4) is 0 Å². The molecular formula is C20H24ClN5O6S. The Kier molecular flexibility index (Phi) is 7.24. The fraction of sp³-hybridized carbons (Fsp3) is 0.450. The number of carbonyl (C=O) groups is 4. The zero-order chi connectivity index (χ0) is 26.8. The molecule has 0 aliphatic carbocycles. The molecule has 0 aromatic carbocycles. The van der Waals surface area contributed by atoms with Crippen LogP contribution in [0.2, 0.25) is 0 Å². The number of aryl methyl sites for hydroxylation is 1. The van der Waals surface area contributed by atoms with E-state index in [0.717, 1.165) is 16.1 Å². The molecule has 2 aromatic heterocycles. The fourth-order valence-corrected chi connectivity index (χ4v) is 3.78. The van der Waals surface area contributed by atoms with Gasteiger partial charge < -0.3 is 27.7 Å². The van der Waals surface area contributed by atoms with Crippen molar-refractivity contribution in [1.82, 2.24) is 15.0 Å². The summed E-state index contributed by atoms with van der Waals surface area (Å²) < 4.78 is 38.1. The van der Waals surface area contributed by atoms with Gasteiger partial charge in [-0.15, -0.1) is 5.06 Å². The first-order chi connectivity index (χ1) is 16.8. The van der Waals surface area contributed by atoms with Gasteiger partial charge in [-0.25, -0.2) is 14.8 Å². The number of aromatic nitrogens is 3. The smallest absolute Gasteiger partial charge is 0.333 e. The van der Waals surface area contributed by atoms with E-state index in [-0.39, 0.29) is 43.3 Å². The van der Waals surface area contributed by atoms with Gasteiger partial charge in [-0.1, -0.05) is 11.3 Å². The Balaban J connectivity index is 0.00000481. The van der Waals surface area contributed by atoms with Gasteiger partial charge in [-0.05, 0) is 6.92 Å². The van der Waals surface area contributed by atoms with Crippen LogP contribution in [0, 0.1) is 13.8 Å². The molecule has 1 fully saturated rings. The number of nitrogens with zero attached hydrogens (tertiary/aromatic N) is 4. The van der Waals surface area contributed by atoms with Crippen LogP contribution in [0.25, 0.3) is 0 Å². The van der Waals surface area contributed by atoms with E-state index in [1.54, 1.807) is 13.1 Å². The molecule has 3 heterocycles. The second-order valence-corrected chi connectivity index (χ2v) is 7.72. The number of ether oxygens (including phenoxy) is 1. The van der Waals surface area contributed by atoms with Gasteiger partial charge in [0.1, 0.15) is 11.6 Å². The maximum atomic E-state index is 12.3. The fourth-order valence-electron chi connectivity index (χ4n) is 2.80. The number of amides is 2. The number of imide groups is 1. The lowest BCUT2D eigenvalue weighted by Crippen LogP contribution is -3.00. The number of halogens is 1. The van der Waals surface area contributed by atoms with E-state index in [9.17, 15) is 19.2 Å². The predicted molar refractivity (Wildman–Crippen MR) is 111 cm³/mol. The van der Waals surface area contributed by atoms with Crippen LogP contribution in [-0.4, -0.2) is 45.4 Å². The summed E-state index contributed by atoms with van der Waals surface area (Å²) in [5.74, 6) is -4.34. The van der Waals surface area contributed by atoms with E-state index in [2.05, 4.69) is 14.8 Å². The summed E-state index contributed by atoms with van der Waals surface area (Å²) in [6, 6.07) is 0. The molecular weight excluding hydrogens is 474 g/mol. The number of hydrogen-bond acceptors (Lipinski definition) is 10. The predicted octanol–water partition coefficient (Wildman–Crippen LogP) is -2.45. The minimum atomic E-state index is -3.54. The molecule has 2 N–H and O–H groups in total. The molecule has 1 aliphatic heterocycles. The van der Waals surface area contributed by atoms with Crippen molar-refractivity contribution in [2.75, 3.05) is 12.3 Å². The van der Waals surface area contributed by atoms with Crippen LogP contribution < -0.4 is 22.7 Å². The third-order valence-electron chi connectivity index (χ3n) is 4.52. The normalized spacial score (nSPS) is 15.8. The molecule has 1 saturated heterocycles. The van der Waals surface area contributed by atoms with Crippen molar-refractivity contribution in [3.05, 3.63) is 33.7 Å². The van der Waals surface area contributed by atoms with E-state index in [4.69, 9.17) is 16.0 Å². The summed E-state index contributed by atoms with van der Waals surface area (Å²) in [6.07, 6.45) is -5.60. The third kappa shape index (κ3) is 6.93. The molecule has 2 amide bonds. The van der Waals surface area contributed by atoms with Gasteiger partial charge in [-0.2, -0.15) is 4.57 Å². The highest BCUT2D eigenvalue weighted by atomic mass is 35.5. The van der Waals surface area contributed by atoms with Crippen LogP contribution in [0.4, 0.5) is 5.82 Å². The van der Waals surface area contributed by atoms with Crippen LogP contribution in [0.15, 0.2) is 11.7 Å². The lowest BCUT2D eigenvalue weighted by Gasteiger charge is -2.12. The Hall–Kier alpha value is -3.12. The second-order valence-electron chi connectivity index (χ2n) is 6.78. The number of rotatable bonds is 9. The lowest BCUT2D eigenvalue weighted by atomic mass is 10.2. The molecule has 0 unspecified atom stereocenters. The topological polar surface area (TPSA) is 146 Å². The molecule has 3 rings (SSSR count). The van der Waals surface area contributed by atoms with Crippen LogP contribution in [0.5, 0.6) is 0 Å². The number of carbonyl (C=O) groups excluding carboxylic acids is 4. The standard InChI is InChI=1S/C20H24N5O6S.ClH/c1-12-15(32-11-24(12)10-14-9-22-13(2)23-20(14)21)7-8-30-18(28)5-6-19(29)31-25-16(26)3-4-17(25)27;/h9,11H,3-8,10H2,1-2H3,(H2,21,22,23);1H/q+1;/p-1/i5D2,6D2;. The Labute approximate surface area is 205 Å². The highest BCUT2D eigenvalue weighted by molar-refractivity contribution is 7.09. The maximum Gasteiger partial charge on any atom is 0.333 e. The average Bonchev–Trinajstić information content (AvgIpc) is 3.31. The zero-order valence-electron chi connectivity index (χ0n) is 21.8. The van der Waals surface area contributed by atoms with Gasteiger partial charge >= 0.3 is 11.9 Å². The molecule has 2 aromatic rings. The summed E-state index contributed by atoms with van der Waals surface area (Å²) in [4.78, 5) is 61.2. The second kappa shape index (κ2) is 11.7. The first-order valence-electron chi connectivity index (χ1n) is 11.6. The van der Waals surface area contributed by atoms with Crippen molar-refractivity contribution in [1.29, 1.82) is 0 Å². The van der Waals surface area contributed by atoms with Crippen molar-refractivity contribution >= 4 is 40.9 Å². The first kappa shape index (κ1) is 20.5. The van der Waals surface area contributed by atoms with Crippen LogP contribution >= 0.6 is 11.3 Å². The van der Waals surface area contributed by atoms with Crippen molar-refractivity contribution in [2.45, 2.75) is 52.4 Å². The monoisotopic (exact) mass is 501 g/mol. The summed E-state index contributed by atoms with van der Waals surface area (Å²) in [5.41, 5.74) is 9.35. The Morgan fingerprint density at radius 1 is 1.24 bits per heavy atom. The van der Waals surface area contributed by atoms with Gasteiger partial charge in [0.15, 0.2) is 12.2 Å². The highest BCUT2D eigenvalue weighted by Crippen LogP contribution is 2.15. The lowest BCUT2D eigenvalue weighted by molar-refractivity contribution is -0.689. The molecule has 0 saturated carbocycles. The SMILES string of the molecule is [2H]C([2H])(C(=O)OCCc1sc[n+](Cc2cnc(C)nc2N)c1C)C([2H])([2H])C(=O)ON1C(=O)CCC1=O.[Cl-]. The summed E-state index contributed by atoms with van der Waals surface area (Å²) in [6.45, 7) is 3.70. The van der Waals surface area contributed by atoms with E-state index in [0.29, 0.717) is 18.2 Å². The van der Waals surface area contributed by atoms with E-state index < -0.39 is 36.5 Å². The minimum Gasteiger partial charge on any atom is -1.00 e.